The van der Waals surface area contributed by atoms with Crippen LogP contribution in [0.25, 0.3) is 0 Å². The quantitative estimate of drug-likeness (QED) is 0.710. The molecule has 0 radical (unpaired) electrons. The molecule has 6 heteroatoms. The van der Waals surface area contributed by atoms with Crippen LogP contribution in [-0.4, -0.2) is 49.2 Å². The first-order valence-electron chi connectivity index (χ1n) is 6.34. The fourth-order valence-electron chi connectivity index (χ4n) is 2.18. The zero-order valence-corrected chi connectivity index (χ0v) is 11.3. The molecule has 0 aromatic rings. The average molecular weight is 257 g/mol. The summed E-state index contributed by atoms with van der Waals surface area (Å²) in [6.07, 6.45) is 1.62. The number of hydrogen-bond donors (Lipinski definition) is 2. The molecule has 104 valence electrons. The Morgan fingerprint density at radius 1 is 1.33 bits per heavy atom. The van der Waals surface area contributed by atoms with E-state index in [1.165, 1.54) is 7.11 Å². The van der Waals surface area contributed by atoms with Gasteiger partial charge in [0.15, 0.2) is 0 Å². The van der Waals surface area contributed by atoms with Gasteiger partial charge in [0.25, 0.3) is 0 Å². The summed E-state index contributed by atoms with van der Waals surface area (Å²) in [6, 6.07) is -0.436. The number of hydrogen-bond acceptors (Lipinski definition) is 4. The molecule has 1 aliphatic heterocycles. The van der Waals surface area contributed by atoms with Gasteiger partial charge in [-0.15, -0.1) is 0 Å². The van der Waals surface area contributed by atoms with E-state index in [1.807, 2.05) is 13.8 Å². The van der Waals surface area contributed by atoms with Gasteiger partial charge in [0.2, 0.25) is 0 Å². The Hall–Kier alpha value is -1.30. The molecule has 0 bridgehead atoms. The maximum atomic E-state index is 11.6. The number of carbonyl (C=O) groups is 2. The molecule has 3 N–H and O–H groups in total. The van der Waals surface area contributed by atoms with Crippen molar-refractivity contribution in [2.45, 2.75) is 38.8 Å². The van der Waals surface area contributed by atoms with E-state index in [0.717, 1.165) is 12.8 Å². The Morgan fingerprint density at radius 2 is 1.89 bits per heavy atom. The molecule has 0 saturated carbocycles. The number of nitrogens with one attached hydrogen (secondary N) is 1. The van der Waals surface area contributed by atoms with Gasteiger partial charge in [-0.1, -0.05) is 13.8 Å². The van der Waals surface area contributed by atoms with E-state index in [4.69, 9.17) is 10.5 Å². The lowest BCUT2D eigenvalue weighted by Crippen LogP contribution is -2.52. The SMILES string of the molecule is COC(=O)[C@@H](NC1CCN(C(N)=O)CC1)C(C)C. The molecule has 2 amide bonds. The predicted molar refractivity (Wildman–Crippen MR) is 68.0 cm³/mol. The molecule has 0 spiro atoms. The van der Waals surface area contributed by atoms with Crippen molar-refractivity contribution < 1.29 is 14.3 Å². The Morgan fingerprint density at radius 3 is 2.28 bits per heavy atom. The summed E-state index contributed by atoms with van der Waals surface area (Å²) in [4.78, 5) is 24.3. The molecule has 1 aliphatic rings. The second kappa shape index (κ2) is 6.58. The first-order valence-corrected chi connectivity index (χ1v) is 6.34. The average Bonchev–Trinajstić information content (AvgIpc) is 2.35. The van der Waals surface area contributed by atoms with Gasteiger partial charge in [0, 0.05) is 19.1 Å². The normalized spacial score (nSPS) is 18.8. The van der Waals surface area contributed by atoms with Crippen LogP contribution in [0.1, 0.15) is 26.7 Å². The van der Waals surface area contributed by atoms with Crippen LogP contribution in [0.3, 0.4) is 0 Å². The van der Waals surface area contributed by atoms with Crippen LogP contribution in [0.4, 0.5) is 4.79 Å². The highest BCUT2D eigenvalue weighted by molar-refractivity contribution is 5.76. The van der Waals surface area contributed by atoms with Gasteiger partial charge >= 0.3 is 12.0 Å². The van der Waals surface area contributed by atoms with Crippen LogP contribution in [0, 0.1) is 5.92 Å². The summed E-state index contributed by atoms with van der Waals surface area (Å²) >= 11 is 0. The minimum absolute atomic E-state index is 0.173. The number of carbonyl (C=O) groups excluding carboxylic acids is 2. The number of likely N-dealkylation sites (tertiary alicyclic amines) is 1. The van der Waals surface area contributed by atoms with Gasteiger partial charge in [-0.05, 0) is 18.8 Å². The fraction of sp³-hybridized carbons (Fsp3) is 0.833. The van der Waals surface area contributed by atoms with Crippen LogP contribution >= 0.6 is 0 Å². The van der Waals surface area contributed by atoms with Crippen LogP contribution in [0.2, 0.25) is 0 Å². The molecule has 6 nitrogen and oxygen atoms in total. The summed E-state index contributed by atoms with van der Waals surface area (Å²) < 4.78 is 4.79. The Kier molecular flexibility index (Phi) is 5.40. The first-order chi connectivity index (χ1) is 8.45. The van der Waals surface area contributed by atoms with Gasteiger partial charge < -0.3 is 20.7 Å². The largest absolute Gasteiger partial charge is 0.468 e. The van der Waals surface area contributed by atoms with Gasteiger partial charge in [-0.25, -0.2) is 4.79 Å². The number of methoxy groups -OCH3 is 1. The highest BCUT2D eigenvalue weighted by atomic mass is 16.5. The number of primary amides is 1. The summed E-state index contributed by atoms with van der Waals surface area (Å²) in [5, 5.41) is 3.31. The lowest BCUT2D eigenvalue weighted by Gasteiger charge is -2.34. The van der Waals surface area contributed by atoms with Gasteiger partial charge in [0.1, 0.15) is 6.04 Å². The van der Waals surface area contributed by atoms with E-state index >= 15 is 0 Å². The van der Waals surface area contributed by atoms with E-state index < -0.39 is 0 Å². The second-order valence-corrected chi connectivity index (χ2v) is 5.01. The highest BCUT2D eigenvalue weighted by Crippen LogP contribution is 2.13. The van der Waals surface area contributed by atoms with E-state index in [9.17, 15) is 9.59 Å². The number of nitrogens with two attached hydrogens (primary N) is 1. The van der Waals surface area contributed by atoms with E-state index in [0.29, 0.717) is 13.1 Å². The molecule has 0 unspecified atom stereocenters. The number of piperidine rings is 1. The molecule has 0 aliphatic carbocycles. The first kappa shape index (κ1) is 14.8. The third kappa shape index (κ3) is 3.87. The van der Waals surface area contributed by atoms with E-state index in [1.54, 1.807) is 4.90 Å². The zero-order chi connectivity index (χ0) is 13.7. The van der Waals surface area contributed by atoms with Crippen molar-refractivity contribution in [3.63, 3.8) is 0 Å². The monoisotopic (exact) mass is 257 g/mol. The lowest BCUT2D eigenvalue weighted by atomic mass is 9.99. The minimum atomic E-state index is -0.373. The highest BCUT2D eigenvalue weighted by Gasteiger charge is 2.28. The molecule has 1 atom stereocenters. The van der Waals surface area contributed by atoms with Crippen molar-refractivity contribution in [1.29, 1.82) is 0 Å². The molecule has 1 fully saturated rings. The number of esters is 1. The predicted octanol–water partition coefficient (Wildman–Crippen LogP) is 0.317. The number of urea groups is 1. The third-order valence-electron chi connectivity index (χ3n) is 3.34. The summed E-state index contributed by atoms with van der Waals surface area (Å²) in [7, 11) is 1.40. The van der Waals surface area contributed by atoms with Crippen molar-refractivity contribution in [1.82, 2.24) is 10.2 Å². The van der Waals surface area contributed by atoms with Crippen molar-refractivity contribution in [3.8, 4) is 0 Å². The Bertz CT molecular complexity index is 299. The summed E-state index contributed by atoms with van der Waals surface area (Å²) in [5.74, 6) is -0.0612. The van der Waals surface area contributed by atoms with Crippen molar-refractivity contribution in [2.24, 2.45) is 11.7 Å². The number of rotatable bonds is 4. The third-order valence-corrected chi connectivity index (χ3v) is 3.34. The molecule has 1 heterocycles. The van der Waals surface area contributed by atoms with Gasteiger partial charge in [0.05, 0.1) is 7.11 Å². The maximum absolute atomic E-state index is 11.6. The molecular formula is C12H23N3O3. The molecule has 0 aromatic carbocycles. The summed E-state index contributed by atoms with van der Waals surface area (Å²) in [5.41, 5.74) is 5.22. The second-order valence-electron chi connectivity index (χ2n) is 5.01. The van der Waals surface area contributed by atoms with E-state index in [2.05, 4.69) is 5.32 Å². The van der Waals surface area contributed by atoms with Crippen molar-refractivity contribution in [2.75, 3.05) is 20.2 Å². The fourth-order valence-corrected chi connectivity index (χ4v) is 2.18. The Labute approximate surface area is 108 Å². The van der Waals surface area contributed by atoms with Crippen LogP contribution in [-0.2, 0) is 9.53 Å². The minimum Gasteiger partial charge on any atom is -0.468 e. The lowest BCUT2D eigenvalue weighted by molar-refractivity contribution is -0.144. The van der Waals surface area contributed by atoms with Crippen molar-refractivity contribution >= 4 is 12.0 Å². The number of nitrogens with zero attached hydrogens (tertiary/aromatic N) is 1. The molecule has 1 rings (SSSR count). The smallest absolute Gasteiger partial charge is 0.323 e. The zero-order valence-electron chi connectivity index (χ0n) is 11.3. The molecule has 0 aromatic heterocycles. The Balaban J connectivity index is 2.47. The standard InChI is InChI=1S/C12H23N3O3/c1-8(2)10(11(16)18-3)14-9-4-6-15(7-5-9)12(13)17/h8-10,14H,4-7H2,1-3H3,(H2,13,17)/t10-/m0/s1. The number of amides is 2. The van der Waals surface area contributed by atoms with Crippen LogP contribution in [0.5, 0.6) is 0 Å². The topological polar surface area (TPSA) is 84.7 Å². The van der Waals surface area contributed by atoms with E-state index in [-0.39, 0.29) is 30.0 Å². The van der Waals surface area contributed by atoms with Gasteiger partial charge in [-0.2, -0.15) is 0 Å². The van der Waals surface area contributed by atoms with Crippen LogP contribution < -0.4 is 11.1 Å². The molecule has 18 heavy (non-hydrogen) atoms. The van der Waals surface area contributed by atoms with Crippen molar-refractivity contribution in [3.05, 3.63) is 0 Å². The molecule has 1 saturated heterocycles. The molecular weight excluding hydrogens is 234 g/mol. The van der Waals surface area contributed by atoms with Gasteiger partial charge in [-0.3, -0.25) is 4.79 Å². The van der Waals surface area contributed by atoms with Crippen LogP contribution in [0.15, 0.2) is 0 Å². The summed E-state index contributed by atoms with van der Waals surface area (Å²) in [6.45, 7) is 5.23. The maximum Gasteiger partial charge on any atom is 0.323 e. The number of ether oxygens (including phenoxy) is 1.